The minimum Gasteiger partial charge on any atom is -0.310 e. The molecule has 2 aromatic rings. The van der Waals surface area contributed by atoms with Crippen molar-refractivity contribution in [2.75, 3.05) is 0 Å². The monoisotopic (exact) mass is 268 g/mol. The highest BCUT2D eigenvalue weighted by molar-refractivity contribution is 5.87. The van der Waals surface area contributed by atoms with E-state index >= 15 is 0 Å². The van der Waals surface area contributed by atoms with Crippen molar-refractivity contribution in [3.63, 3.8) is 0 Å². The van der Waals surface area contributed by atoms with Gasteiger partial charge in [0.1, 0.15) is 0 Å². The molecule has 0 fully saturated rings. The van der Waals surface area contributed by atoms with Crippen molar-refractivity contribution in [1.29, 1.82) is 0 Å². The molecule has 2 heteroatoms. The third-order valence-electron chi connectivity index (χ3n) is 4.26. The van der Waals surface area contributed by atoms with Crippen molar-refractivity contribution in [3.05, 3.63) is 40.1 Å². The molecule has 1 aromatic carbocycles. The number of nitrogens with one attached hydrogen (secondary N) is 1. The van der Waals surface area contributed by atoms with E-state index in [1.807, 2.05) is 0 Å². The van der Waals surface area contributed by atoms with Gasteiger partial charge in [0.05, 0.1) is 5.52 Å². The molecule has 1 aliphatic rings. The van der Waals surface area contributed by atoms with Gasteiger partial charge < -0.3 is 5.32 Å². The van der Waals surface area contributed by atoms with Gasteiger partial charge in [-0.2, -0.15) is 0 Å². The number of rotatable bonds is 3. The van der Waals surface area contributed by atoms with Gasteiger partial charge in [0, 0.05) is 23.7 Å². The zero-order valence-electron chi connectivity index (χ0n) is 13.0. The number of pyridine rings is 1. The molecule has 1 heterocycles. The van der Waals surface area contributed by atoms with Crippen molar-refractivity contribution in [2.45, 2.75) is 59.5 Å². The predicted molar refractivity (Wildman–Crippen MR) is 85.2 cm³/mol. The van der Waals surface area contributed by atoms with E-state index in [0.717, 1.165) is 13.0 Å². The van der Waals surface area contributed by atoms with Crippen molar-refractivity contribution in [2.24, 2.45) is 0 Å². The summed E-state index contributed by atoms with van der Waals surface area (Å²) in [5.74, 6) is 0. The molecule has 0 atom stereocenters. The van der Waals surface area contributed by atoms with Crippen LogP contribution in [0.25, 0.3) is 10.9 Å². The summed E-state index contributed by atoms with van der Waals surface area (Å²) in [6.07, 6.45) is 3.60. The van der Waals surface area contributed by atoms with Gasteiger partial charge in [-0.3, -0.25) is 4.98 Å². The summed E-state index contributed by atoms with van der Waals surface area (Å²) in [4.78, 5) is 4.94. The van der Waals surface area contributed by atoms with Gasteiger partial charge in [0.15, 0.2) is 0 Å². The molecule has 20 heavy (non-hydrogen) atoms. The lowest BCUT2D eigenvalue weighted by Crippen LogP contribution is -2.23. The van der Waals surface area contributed by atoms with E-state index in [2.05, 4.69) is 45.1 Å². The lowest BCUT2D eigenvalue weighted by molar-refractivity contribution is 0.588. The number of hydrogen-bond donors (Lipinski definition) is 1. The SMILES string of the molecule is Cc1cc(C)c2c(CNC(C)C)c3c(nc2c1)CCC3. The second-order valence-electron chi connectivity index (χ2n) is 6.38. The predicted octanol–water partition coefficient (Wildman–Crippen LogP) is 3.84. The maximum Gasteiger partial charge on any atom is 0.0714 e. The minimum atomic E-state index is 0.515. The van der Waals surface area contributed by atoms with Crippen molar-refractivity contribution >= 4 is 10.9 Å². The van der Waals surface area contributed by atoms with Gasteiger partial charge in [-0.1, -0.05) is 19.9 Å². The van der Waals surface area contributed by atoms with Crippen LogP contribution in [0, 0.1) is 13.8 Å². The van der Waals surface area contributed by atoms with Crippen molar-refractivity contribution in [3.8, 4) is 0 Å². The first-order chi connectivity index (χ1) is 9.56. The molecular weight excluding hydrogens is 244 g/mol. The summed E-state index contributed by atoms with van der Waals surface area (Å²) < 4.78 is 0. The van der Waals surface area contributed by atoms with Crippen molar-refractivity contribution in [1.82, 2.24) is 10.3 Å². The summed E-state index contributed by atoms with van der Waals surface area (Å²) in [6, 6.07) is 5.03. The molecule has 1 N–H and O–H groups in total. The van der Waals surface area contributed by atoms with E-state index in [1.54, 1.807) is 0 Å². The van der Waals surface area contributed by atoms with E-state index in [1.165, 1.54) is 51.7 Å². The van der Waals surface area contributed by atoms with Crippen LogP contribution in [-0.2, 0) is 19.4 Å². The van der Waals surface area contributed by atoms with Gasteiger partial charge in [0.2, 0.25) is 0 Å². The Morgan fingerprint density at radius 2 is 2.00 bits per heavy atom. The molecule has 1 aromatic heterocycles. The Kier molecular flexibility index (Phi) is 3.51. The standard InChI is InChI=1S/C18H24N2/c1-11(2)19-10-15-14-6-5-7-16(14)20-17-9-12(3)8-13(4)18(15)17/h8-9,11,19H,5-7,10H2,1-4H3. The van der Waals surface area contributed by atoms with E-state index in [4.69, 9.17) is 4.98 Å². The van der Waals surface area contributed by atoms with Crippen LogP contribution in [0.4, 0.5) is 0 Å². The number of hydrogen-bond acceptors (Lipinski definition) is 2. The molecule has 0 aliphatic heterocycles. The summed E-state index contributed by atoms with van der Waals surface area (Å²) in [5, 5.41) is 4.98. The summed E-state index contributed by atoms with van der Waals surface area (Å²) >= 11 is 0. The summed E-state index contributed by atoms with van der Waals surface area (Å²) in [7, 11) is 0. The fraction of sp³-hybridized carbons (Fsp3) is 0.500. The smallest absolute Gasteiger partial charge is 0.0714 e. The fourth-order valence-corrected chi connectivity index (χ4v) is 3.40. The second-order valence-corrected chi connectivity index (χ2v) is 6.38. The first kappa shape index (κ1) is 13.6. The third-order valence-corrected chi connectivity index (χ3v) is 4.26. The molecule has 3 rings (SSSR count). The highest BCUT2D eigenvalue weighted by Crippen LogP contribution is 2.32. The van der Waals surface area contributed by atoms with Crippen LogP contribution >= 0.6 is 0 Å². The highest BCUT2D eigenvalue weighted by Gasteiger charge is 2.20. The van der Waals surface area contributed by atoms with E-state index in [0.29, 0.717) is 6.04 Å². The Bertz CT molecular complexity index is 656. The largest absolute Gasteiger partial charge is 0.310 e. The number of aromatic nitrogens is 1. The third kappa shape index (κ3) is 2.33. The van der Waals surface area contributed by atoms with Crippen LogP contribution in [0.15, 0.2) is 12.1 Å². The molecule has 0 bridgehead atoms. The van der Waals surface area contributed by atoms with Gasteiger partial charge in [0.25, 0.3) is 0 Å². The van der Waals surface area contributed by atoms with Crippen LogP contribution in [0.3, 0.4) is 0 Å². The van der Waals surface area contributed by atoms with Crippen LogP contribution in [-0.4, -0.2) is 11.0 Å². The Morgan fingerprint density at radius 3 is 2.75 bits per heavy atom. The van der Waals surface area contributed by atoms with Gasteiger partial charge in [-0.05, 0) is 61.4 Å². The molecule has 106 valence electrons. The van der Waals surface area contributed by atoms with E-state index < -0.39 is 0 Å². The Hall–Kier alpha value is -1.41. The first-order valence-corrected chi connectivity index (χ1v) is 7.71. The number of benzene rings is 1. The van der Waals surface area contributed by atoms with Crippen LogP contribution in [0.2, 0.25) is 0 Å². The van der Waals surface area contributed by atoms with Crippen LogP contribution in [0.1, 0.15) is 48.2 Å². The average molecular weight is 268 g/mol. The molecule has 0 spiro atoms. The number of nitrogens with zero attached hydrogens (tertiary/aromatic N) is 1. The lowest BCUT2D eigenvalue weighted by atomic mass is 9.96. The zero-order chi connectivity index (χ0) is 14.3. The Labute approximate surface area is 121 Å². The Morgan fingerprint density at radius 1 is 1.20 bits per heavy atom. The molecule has 1 aliphatic carbocycles. The molecule has 0 saturated heterocycles. The topological polar surface area (TPSA) is 24.9 Å². The molecule has 0 saturated carbocycles. The second kappa shape index (κ2) is 5.17. The summed E-state index contributed by atoms with van der Waals surface area (Å²) in [6.45, 7) is 9.76. The average Bonchev–Trinajstić information content (AvgIpc) is 2.81. The van der Waals surface area contributed by atoms with Gasteiger partial charge >= 0.3 is 0 Å². The van der Waals surface area contributed by atoms with Crippen molar-refractivity contribution < 1.29 is 0 Å². The van der Waals surface area contributed by atoms with Gasteiger partial charge in [-0.25, -0.2) is 0 Å². The summed E-state index contributed by atoms with van der Waals surface area (Å²) in [5.41, 5.74) is 8.20. The minimum absolute atomic E-state index is 0.515. The molecule has 0 unspecified atom stereocenters. The van der Waals surface area contributed by atoms with E-state index in [9.17, 15) is 0 Å². The van der Waals surface area contributed by atoms with Crippen LogP contribution in [0.5, 0.6) is 0 Å². The Balaban J connectivity index is 2.22. The number of aryl methyl sites for hydroxylation is 3. The highest BCUT2D eigenvalue weighted by atomic mass is 14.9. The quantitative estimate of drug-likeness (QED) is 0.915. The molecule has 0 radical (unpaired) electrons. The molecule has 0 amide bonds. The van der Waals surface area contributed by atoms with Gasteiger partial charge in [-0.15, -0.1) is 0 Å². The lowest BCUT2D eigenvalue weighted by Gasteiger charge is -2.17. The first-order valence-electron chi connectivity index (χ1n) is 7.71. The molecular formula is C18H24N2. The zero-order valence-corrected chi connectivity index (χ0v) is 13.0. The van der Waals surface area contributed by atoms with Crippen LogP contribution < -0.4 is 5.32 Å². The maximum absolute atomic E-state index is 4.94. The normalized spacial score (nSPS) is 14.2. The molecule has 2 nitrogen and oxygen atoms in total. The fourth-order valence-electron chi connectivity index (χ4n) is 3.40. The maximum atomic E-state index is 4.94. The van der Waals surface area contributed by atoms with E-state index in [-0.39, 0.29) is 0 Å². The number of fused-ring (bicyclic) bond motifs is 2.